The SMILES string of the molecule is Cc1cccc(C(C)C)c1NC(=O)CN1CCOCC1(C)C. The van der Waals surface area contributed by atoms with Crippen molar-refractivity contribution in [3.8, 4) is 0 Å². The normalized spacial score (nSPS) is 18.5. The van der Waals surface area contributed by atoms with E-state index in [4.69, 9.17) is 4.74 Å². The van der Waals surface area contributed by atoms with Crippen LogP contribution in [0.4, 0.5) is 5.69 Å². The Balaban J connectivity index is 2.09. The number of nitrogens with zero attached hydrogens (tertiary/aromatic N) is 1. The van der Waals surface area contributed by atoms with Crippen LogP contribution in [0.15, 0.2) is 18.2 Å². The van der Waals surface area contributed by atoms with Crippen LogP contribution in [0, 0.1) is 6.92 Å². The maximum absolute atomic E-state index is 12.5. The molecule has 1 aromatic rings. The van der Waals surface area contributed by atoms with Crippen LogP contribution in [0.1, 0.15) is 44.7 Å². The number of anilines is 1. The van der Waals surface area contributed by atoms with E-state index in [1.807, 2.05) is 19.1 Å². The van der Waals surface area contributed by atoms with Crippen LogP contribution in [-0.2, 0) is 9.53 Å². The van der Waals surface area contributed by atoms with Crippen molar-refractivity contribution in [3.63, 3.8) is 0 Å². The fraction of sp³-hybridized carbons (Fsp3) is 0.611. The molecular formula is C18H28N2O2. The van der Waals surface area contributed by atoms with Crippen LogP contribution < -0.4 is 5.32 Å². The van der Waals surface area contributed by atoms with Crippen LogP contribution in [0.3, 0.4) is 0 Å². The van der Waals surface area contributed by atoms with E-state index in [-0.39, 0.29) is 11.4 Å². The van der Waals surface area contributed by atoms with Crippen molar-refractivity contribution in [2.24, 2.45) is 0 Å². The van der Waals surface area contributed by atoms with Crippen molar-refractivity contribution in [1.29, 1.82) is 0 Å². The van der Waals surface area contributed by atoms with Gasteiger partial charge in [-0.3, -0.25) is 9.69 Å². The van der Waals surface area contributed by atoms with Gasteiger partial charge in [0.2, 0.25) is 5.91 Å². The molecule has 1 aliphatic rings. The highest BCUT2D eigenvalue weighted by atomic mass is 16.5. The number of hydrogen-bond acceptors (Lipinski definition) is 3. The summed E-state index contributed by atoms with van der Waals surface area (Å²) in [7, 11) is 0. The quantitative estimate of drug-likeness (QED) is 0.929. The van der Waals surface area contributed by atoms with Gasteiger partial charge in [-0.2, -0.15) is 0 Å². The van der Waals surface area contributed by atoms with E-state index in [2.05, 4.69) is 44.0 Å². The molecule has 4 nitrogen and oxygen atoms in total. The predicted octanol–water partition coefficient (Wildman–Crippen LogP) is 3.17. The monoisotopic (exact) mass is 304 g/mol. The van der Waals surface area contributed by atoms with E-state index in [0.29, 0.717) is 25.7 Å². The lowest BCUT2D eigenvalue weighted by atomic mass is 9.98. The van der Waals surface area contributed by atoms with Crippen molar-refractivity contribution >= 4 is 11.6 Å². The van der Waals surface area contributed by atoms with Crippen molar-refractivity contribution in [3.05, 3.63) is 29.3 Å². The van der Waals surface area contributed by atoms with Crippen molar-refractivity contribution < 1.29 is 9.53 Å². The number of carbonyl (C=O) groups is 1. The summed E-state index contributed by atoms with van der Waals surface area (Å²) in [5.74, 6) is 0.432. The summed E-state index contributed by atoms with van der Waals surface area (Å²) in [6.45, 7) is 13.1. The third-order valence-electron chi connectivity index (χ3n) is 4.34. The number of hydrogen-bond donors (Lipinski definition) is 1. The van der Waals surface area contributed by atoms with Crippen LogP contribution in [0.5, 0.6) is 0 Å². The first-order chi connectivity index (χ1) is 10.3. The number of amides is 1. The van der Waals surface area contributed by atoms with Crippen LogP contribution >= 0.6 is 0 Å². The Bertz CT molecular complexity index is 538. The Hall–Kier alpha value is -1.39. The average molecular weight is 304 g/mol. The molecule has 0 spiro atoms. The van der Waals surface area contributed by atoms with Gasteiger partial charge in [-0.1, -0.05) is 32.0 Å². The molecule has 0 radical (unpaired) electrons. The summed E-state index contributed by atoms with van der Waals surface area (Å²) in [4.78, 5) is 14.7. The number of nitrogens with one attached hydrogen (secondary N) is 1. The summed E-state index contributed by atoms with van der Waals surface area (Å²) >= 11 is 0. The maximum Gasteiger partial charge on any atom is 0.238 e. The number of rotatable bonds is 4. The van der Waals surface area contributed by atoms with Crippen LogP contribution in [-0.4, -0.2) is 42.6 Å². The van der Waals surface area contributed by atoms with E-state index in [1.165, 1.54) is 5.56 Å². The topological polar surface area (TPSA) is 41.6 Å². The highest BCUT2D eigenvalue weighted by Gasteiger charge is 2.31. The molecular weight excluding hydrogens is 276 g/mol. The summed E-state index contributed by atoms with van der Waals surface area (Å²) in [6.07, 6.45) is 0. The Morgan fingerprint density at radius 1 is 1.41 bits per heavy atom. The Morgan fingerprint density at radius 3 is 2.77 bits per heavy atom. The lowest BCUT2D eigenvalue weighted by Gasteiger charge is -2.41. The molecule has 1 aromatic carbocycles. The van der Waals surface area contributed by atoms with E-state index in [1.54, 1.807) is 0 Å². The predicted molar refractivity (Wildman–Crippen MR) is 90.4 cm³/mol. The van der Waals surface area contributed by atoms with Gasteiger partial charge < -0.3 is 10.1 Å². The Labute approximate surface area is 133 Å². The highest BCUT2D eigenvalue weighted by molar-refractivity contribution is 5.94. The summed E-state index contributed by atoms with van der Waals surface area (Å²) in [5, 5.41) is 3.12. The van der Waals surface area contributed by atoms with Gasteiger partial charge in [0.1, 0.15) is 0 Å². The van der Waals surface area contributed by atoms with Gasteiger partial charge in [0.25, 0.3) is 0 Å². The van der Waals surface area contributed by atoms with E-state index in [9.17, 15) is 4.79 Å². The van der Waals surface area contributed by atoms with Crippen molar-refractivity contribution in [2.45, 2.75) is 46.1 Å². The molecule has 0 saturated carbocycles. The minimum atomic E-state index is -0.0950. The minimum Gasteiger partial charge on any atom is -0.378 e. The third kappa shape index (κ3) is 3.87. The standard InChI is InChI=1S/C18H28N2O2/c1-13(2)15-8-6-7-14(3)17(15)19-16(21)11-20-9-10-22-12-18(20,4)5/h6-8,13H,9-12H2,1-5H3,(H,19,21). The number of morpholine rings is 1. The molecule has 122 valence electrons. The largest absolute Gasteiger partial charge is 0.378 e. The van der Waals surface area contributed by atoms with E-state index in [0.717, 1.165) is 17.8 Å². The molecule has 1 amide bonds. The second-order valence-corrected chi connectivity index (χ2v) is 7.03. The van der Waals surface area contributed by atoms with E-state index >= 15 is 0 Å². The van der Waals surface area contributed by atoms with E-state index < -0.39 is 0 Å². The van der Waals surface area contributed by atoms with Gasteiger partial charge in [-0.05, 0) is 37.8 Å². The van der Waals surface area contributed by atoms with Gasteiger partial charge in [-0.15, -0.1) is 0 Å². The van der Waals surface area contributed by atoms with Gasteiger partial charge in [0, 0.05) is 17.8 Å². The molecule has 0 unspecified atom stereocenters. The van der Waals surface area contributed by atoms with Gasteiger partial charge in [0.05, 0.1) is 19.8 Å². The number of carbonyl (C=O) groups excluding carboxylic acids is 1. The molecule has 0 bridgehead atoms. The molecule has 1 N–H and O–H groups in total. The molecule has 0 aromatic heterocycles. The molecule has 0 atom stereocenters. The van der Waals surface area contributed by atoms with Crippen molar-refractivity contribution in [1.82, 2.24) is 4.90 Å². The molecule has 1 fully saturated rings. The lowest BCUT2D eigenvalue weighted by Crippen LogP contribution is -2.55. The third-order valence-corrected chi connectivity index (χ3v) is 4.34. The molecule has 1 heterocycles. The van der Waals surface area contributed by atoms with Gasteiger partial charge in [-0.25, -0.2) is 0 Å². The highest BCUT2D eigenvalue weighted by Crippen LogP contribution is 2.27. The molecule has 0 aliphatic carbocycles. The number of aryl methyl sites for hydroxylation is 1. The molecule has 1 aliphatic heterocycles. The molecule has 4 heteroatoms. The Morgan fingerprint density at radius 2 is 2.14 bits per heavy atom. The number of para-hydroxylation sites is 1. The summed E-state index contributed by atoms with van der Waals surface area (Å²) in [5.41, 5.74) is 3.17. The fourth-order valence-electron chi connectivity index (χ4n) is 2.88. The first-order valence-corrected chi connectivity index (χ1v) is 8.03. The smallest absolute Gasteiger partial charge is 0.238 e. The minimum absolute atomic E-state index is 0.0474. The van der Waals surface area contributed by atoms with Crippen LogP contribution in [0.2, 0.25) is 0 Å². The van der Waals surface area contributed by atoms with Crippen molar-refractivity contribution in [2.75, 3.05) is 31.6 Å². The summed E-state index contributed by atoms with van der Waals surface area (Å²) < 4.78 is 5.51. The fourth-order valence-corrected chi connectivity index (χ4v) is 2.88. The summed E-state index contributed by atoms with van der Waals surface area (Å²) in [6, 6.07) is 6.18. The molecule has 2 rings (SSSR count). The first-order valence-electron chi connectivity index (χ1n) is 8.03. The second-order valence-electron chi connectivity index (χ2n) is 7.03. The zero-order valence-corrected chi connectivity index (χ0v) is 14.4. The zero-order chi connectivity index (χ0) is 16.3. The number of ether oxygens (including phenoxy) is 1. The van der Waals surface area contributed by atoms with Gasteiger partial charge in [0.15, 0.2) is 0 Å². The molecule has 1 saturated heterocycles. The molecule has 22 heavy (non-hydrogen) atoms. The lowest BCUT2D eigenvalue weighted by molar-refractivity contribution is -0.122. The Kier molecular flexibility index (Phi) is 5.24. The van der Waals surface area contributed by atoms with Gasteiger partial charge >= 0.3 is 0 Å². The first kappa shape index (κ1) is 17.0. The average Bonchev–Trinajstić information content (AvgIpc) is 2.43. The number of benzene rings is 1. The maximum atomic E-state index is 12.5. The van der Waals surface area contributed by atoms with Crippen LogP contribution in [0.25, 0.3) is 0 Å². The zero-order valence-electron chi connectivity index (χ0n) is 14.4. The second kappa shape index (κ2) is 6.80.